The number of thiophene rings is 1. The van der Waals surface area contributed by atoms with Gasteiger partial charge in [0.2, 0.25) is 0 Å². The minimum atomic E-state index is -0.438. The van der Waals surface area contributed by atoms with Crippen molar-refractivity contribution in [1.82, 2.24) is 0 Å². The molecule has 1 aromatic rings. The summed E-state index contributed by atoms with van der Waals surface area (Å²) in [5.41, 5.74) is 0.726. The zero-order valence-electron chi connectivity index (χ0n) is 7.65. The van der Waals surface area contributed by atoms with Gasteiger partial charge in [0, 0.05) is 25.2 Å². The molecule has 1 rings (SSSR count). The molecule has 13 heavy (non-hydrogen) atoms. The smallest absolute Gasteiger partial charge is 0.168 e. The molecule has 4 heteroatoms. The molecule has 0 aliphatic rings. The van der Waals surface area contributed by atoms with E-state index in [9.17, 15) is 4.79 Å². The van der Waals surface area contributed by atoms with E-state index in [2.05, 4.69) is 0 Å². The van der Waals surface area contributed by atoms with Gasteiger partial charge in [0.25, 0.3) is 0 Å². The van der Waals surface area contributed by atoms with Crippen molar-refractivity contribution in [1.29, 1.82) is 0 Å². The van der Waals surface area contributed by atoms with Crippen LogP contribution in [-0.2, 0) is 9.47 Å². The van der Waals surface area contributed by atoms with E-state index in [4.69, 9.17) is 9.47 Å². The summed E-state index contributed by atoms with van der Waals surface area (Å²) in [6.07, 6.45) is -0.170. The second kappa shape index (κ2) is 5.11. The molecule has 0 aliphatic carbocycles. The predicted molar refractivity (Wildman–Crippen MR) is 51.1 cm³/mol. The second-order valence-electron chi connectivity index (χ2n) is 2.54. The minimum absolute atomic E-state index is 0.0509. The molecule has 72 valence electrons. The molecular formula is C9H12O3S. The van der Waals surface area contributed by atoms with Crippen molar-refractivity contribution in [2.24, 2.45) is 0 Å². The quantitative estimate of drug-likeness (QED) is 0.538. The van der Waals surface area contributed by atoms with Crippen LogP contribution in [0.3, 0.4) is 0 Å². The number of rotatable bonds is 5. The highest BCUT2D eigenvalue weighted by Crippen LogP contribution is 2.11. The van der Waals surface area contributed by atoms with E-state index < -0.39 is 6.29 Å². The van der Waals surface area contributed by atoms with Crippen LogP contribution in [0.4, 0.5) is 0 Å². The number of hydrogen-bond acceptors (Lipinski definition) is 4. The van der Waals surface area contributed by atoms with Crippen LogP contribution in [0.25, 0.3) is 0 Å². The van der Waals surface area contributed by atoms with Crippen molar-refractivity contribution in [3.8, 4) is 0 Å². The molecule has 0 bridgehead atoms. The van der Waals surface area contributed by atoms with Crippen molar-refractivity contribution in [3.05, 3.63) is 22.4 Å². The Kier molecular flexibility index (Phi) is 4.08. The Morgan fingerprint density at radius 1 is 1.54 bits per heavy atom. The van der Waals surface area contributed by atoms with Crippen molar-refractivity contribution < 1.29 is 14.3 Å². The fourth-order valence-electron chi connectivity index (χ4n) is 0.955. The number of Topliss-reactive ketones (excluding diaryl/α,β-unsaturated/α-hetero) is 1. The maximum atomic E-state index is 11.5. The first-order valence-electron chi connectivity index (χ1n) is 3.89. The largest absolute Gasteiger partial charge is 0.355 e. The van der Waals surface area contributed by atoms with Crippen LogP contribution in [0, 0.1) is 0 Å². The van der Waals surface area contributed by atoms with Crippen LogP contribution >= 0.6 is 11.3 Å². The number of carbonyl (C=O) groups is 1. The fourth-order valence-corrected chi connectivity index (χ4v) is 1.62. The molecule has 0 saturated carbocycles. The number of hydrogen-bond donors (Lipinski definition) is 0. The number of ether oxygens (including phenoxy) is 2. The van der Waals surface area contributed by atoms with Crippen molar-refractivity contribution >= 4 is 17.1 Å². The van der Waals surface area contributed by atoms with E-state index in [-0.39, 0.29) is 12.2 Å². The van der Waals surface area contributed by atoms with Crippen LogP contribution in [-0.4, -0.2) is 26.3 Å². The van der Waals surface area contributed by atoms with Gasteiger partial charge in [-0.05, 0) is 11.4 Å². The second-order valence-corrected chi connectivity index (χ2v) is 3.32. The van der Waals surface area contributed by atoms with E-state index in [1.54, 1.807) is 6.07 Å². The third kappa shape index (κ3) is 2.91. The van der Waals surface area contributed by atoms with Gasteiger partial charge < -0.3 is 9.47 Å². The van der Waals surface area contributed by atoms with E-state index >= 15 is 0 Å². The normalized spacial score (nSPS) is 10.7. The van der Waals surface area contributed by atoms with Gasteiger partial charge in [-0.15, -0.1) is 0 Å². The zero-order valence-corrected chi connectivity index (χ0v) is 8.47. The van der Waals surface area contributed by atoms with Gasteiger partial charge in [-0.3, -0.25) is 4.79 Å². The van der Waals surface area contributed by atoms with Crippen molar-refractivity contribution in [3.63, 3.8) is 0 Å². The molecular weight excluding hydrogens is 188 g/mol. The zero-order chi connectivity index (χ0) is 9.68. The molecule has 0 spiro atoms. The van der Waals surface area contributed by atoms with Crippen LogP contribution < -0.4 is 0 Å². The van der Waals surface area contributed by atoms with Gasteiger partial charge in [0.15, 0.2) is 12.1 Å². The van der Waals surface area contributed by atoms with Gasteiger partial charge in [0.05, 0.1) is 6.42 Å². The van der Waals surface area contributed by atoms with Crippen LogP contribution in [0.2, 0.25) is 0 Å². The summed E-state index contributed by atoms with van der Waals surface area (Å²) in [6.45, 7) is 0. The highest BCUT2D eigenvalue weighted by Gasteiger charge is 2.13. The van der Waals surface area contributed by atoms with E-state index in [0.29, 0.717) is 0 Å². The summed E-state index contributed by atoms with van der Waals surface area (Å²) in [4.78, 5) is 11.5. The SMILES string of the molecule is COC(CC(=O)c1ccsc1)OC. The predicted octanol–water partition coefficient (Wildman–Crippen LogP) is 1.94. The first-order chi connectivity index (χ1) is 6.27. The van der Waals surface area contributed by atoms with Crippen molar-refractivity contribution in [2.45, 2.75) is 12.7 Å². The Labute approximate surface area is 81.3 Å². The third-order valence-corrected chi connectivity index (χ3v) is 2.40. The van der Waals surface area contributed by atoms with Crippen LogP contribution in [0.5, 0.6) is 0 Å². The minimum Gasteiger partial charge on any atom is -0.355 e. The number of carbonyl (C=O) groups excluding carboxylic acids is 1. The first-order valence-corrected chi connectivity index (χ1v) is 4.83. The molecule has 0 radical (unpaired) electrons. The monoisotopic (exact) mass is 200 g/mol. The van der Waals surface area contributed by atoms with E-state index in [1.165, 1.54) is 25.6 Å². The average Bonchev–Trinajstić information content (AvgIpc) is 2.66. The molecule has 0 unspecified atom stereocenters. The van der Waals surface area contributed by atoms with Crippen molar-refractivity contribution in [2.75, 3.05) is 14.2 Å². The van der Waals surface area contributed by atoms with Gasteiger partial charge in [-0.25, -0.2) is 0 Å². The molecule has 0 N–H and O–H groups in total. The highest BCUT2D eigenvalue weighted by atomic mass is 32.1. The maximum absolute atomic E-state index is 11.5. The van der Waals surface area contributed by atoms with E-state index in [0.717, 1.165) is 5.56 Å². The maximum Gasteiger partial charge on any atom is 0.168 e. The summed E-state index contributed by atoms with van der Waals surface area (Å²) < 4.78 is 9.86. The molecule has 0 atom stereocenters. The van der Waals surface area contributed by atoms with Gasteiger partial charge in [0.1, 0.15) is 0 Å². The van der Waals surface area contributed by atoms with Gasteiger partial charge >= 0.3 is 0 Å². The van der Waals surface area contributed by atoms with E-state index in [1.807, 2.05) is 10.8 Å². The lowest BCUT2D eigenvalue weighted by atomic mass is 10.1. The third-order valence-electron chi connectivity index (χ3n) is 1.72. The summed E-state index contributed by atoms with van der Waals surface area (Å²) in [6, 6.07) is 1.80. The highest BCUT2D eigenvalue weighted by molar-refractivity contribution is 7.08. The lowest BCUT2D eigenvalue weighted by molar-refractivity contribution is -0.0993. The summed E-state index contributed by atoms with van der Waals surface area (Å²) >= 11 is 1.51. The number of methoxy groups -OCH3 is 2. The molecule has 0 amide bonds. The Hall–Kier alpha value is -0.710. The Bertz CT molecular complexity index is 252. The molecule has 0 saturated heterocycles. The average molecular weight is 200 g/mol. The lowest BCUT2D eigenvalue weighted by Gasteiger charge is -2.11. The summed E-state index contributed by atoms with van der Waals surface area (Å²) in [5, 5.41) is 3.70. The lowest BCUT2D eigenvalue weighted by Crippen LogP contribution is -2.17. The summed E-state index contributed by atoms with van der Waals surface area (Å²) in [7, 11) is 3.05. The molecule has 1 heterocycles. The Morgan fingerprint density at radius 2 is 2.23 bits per heavy atom. The van der Waals surface area contributed by atoms with Gasteiger partial charge in [-0.2, -0.15) is 11.3 Å². The molecule has 3 nitrogen and oxygen atoms in total. The van der Waals surface area contributed by atoms with Gasteiger partial charge in [-0.1, -0.05) is 0 Å². The molecule has 0 aliphatic heterocycles. The first kappa shape index (κ1) is 10.4. The molecule has 1 aromatic heterocycles. The standard InChI is InChI=1S/C9H12O3S/c1-11-9(12-2)5-8(10)7-3-4-13-6-7/h3-4,6,9H,5H2,1-2H3. The topological polar surface area (TPSA) is 35.5 Å². The molecule has 0 aromatic carbocycles. The number of ketones is 1. The fraction of sp³-hybridized carbons (Fsp3) is 0.444. The molecule has 0 fully saturated rings. The summed E-state index contributed by atoms with van der Waals surface area (Å²) in [5.74, 6) is 0.0509. The van der Waals surface area contributed by atoms with Crippen LogP contribution in [0.1, 0.15) is 16.8 Å². The van der Waals surface area contributed by atoms with Crippen LogP contribution in [0.15, 0.2) is 16.8 Å². The Morgan fingerprint density at radius 3 is 2.69 bits per heavy atom. The Balaban J connectivity index is 2.50.